The topological polar surface area (TPSA) is 29.3 Å². The number of thiophene rings is 1. The lowest BCUT2D eigenvalue weighted by Gasteiger charge is -2.30. The van der Waals surface area contributed by atoms with Gasteiger partial charge in [0.15, 0.2) is 0 Å². The first-order valence-corrected chi connectivity index (χ1v) is 6.56. The van der Waals surface area contributed by atoms with E-state index in [9.17, 15) is 0 Å². The van der Waals surface area contributed by atoms with E-state index in [4.69, 9.17) is 17.3 Å². The van der Waals surface area contributed by atoms with Crippen molar-refractivity contribution < 1.29 is 0 Å². The zero-order chi connectivity index (χ0) is 11.0. The summed E-state index contributed by atoms with van der Waals surface area (Å²) in [4.78, 5) is 3.90. The van der Waals surface area contributed by atoms with E-state index in [1.54, 1.807) is 11.3 Å². The SMILES string of the molecule is CC(C)N1CCc2c(sc(Cl)c2CN)C1. The number of fused-ring (bicyclic) bond motifs is 1. The molecule has 2 N–H and O–H groups in total. The molecule has 84 valence electrons. The Bertz CT molecular complexity index is 360. The van der Waals surface area contributed by atoms with Crippen LogP contribution in [0.4, 0.5) is 0 Å². The van der Waals surface area contributed by atoms with E-state index in [0.29, 0.717) is 12.6 Å². The fourth-order valence-electron chi connectivity index (χ4n) is 2.10. The van der Waals surface area contributed by atoms with Crippen molar-refractivity contribution in [1.82, 2.24) is 4.90 Å². The summed E-state index contributed by atoms with van der Waals surface area (Å²) >= 11 is 7.89. The van der Waals surface area contributed by atoms with Crippen molar-refractivity contribution in [3.05, 3.63) is 20.3 Å². The van der Waals surface area contributed by atoms with Crippen molar-refractivity contribution in [3.8, 4) is 0 Å². The number of nitrogens with zero attached hydrogens (tertiary/aromatic N) is 1. The first kappa shape index (κ1) is 11.4. The largest absolute Gasteiger partial charge is 0.326 e. The summed E-state index contributed by atoms with van der Waals surface area (Å²) < 4.78 is 0.896. The summed E-state index contributed by atoms with van der Waals surface area (Å²) in [6, 6.07) is 0.611. The molecule has 0 radical (unpaired) electrons. The maximum Gasteiger partial charge on any atom is 0.0979 e. The summed E-state index contributed by atoms with van der Waals surface area (Å²) in [5.74, 6) is 0. The summed E-state index contributed by atoms with van der Waals surface area (Å²) in [5.41, 5.74) is 8.32. The van der Waals surface area contributed by atoms with Gasteiger partial charge in [-0.3, -0.25) is 4.90 Å². The minimum absolute atomic E-state index is 0.576. The molecule has 2 heterocycles. The quantitative estimate of drug-likeness (QED) is 0.867. The monoisotopic (exact) mass is 244 g/mol. The lowest BCUT2D eigenvalue weighted by molar-refractivity contribution is 0.206. The van der Waals surface area contributed by atoms with Crippen LogP contribution in [0, 0.1) is 0 Å². The fourth-order valence-corrected chi connectivity index (χ4v) is 3.69. The Morgan fingerprint density at radius 1 is 1.53 bits per heavy atom. The summed E-state index contributed by atoms with van der Waals surface area (Å²) in [6.45, 7) is 7.22. The van der Waals surface area contributed by atoms with Crippen LogP contribution in [0.2, 0.25) is 4.34 Å². The van der Waals surface area contributed by atoms with Crippen LogP contribution in [0.5, 0.6) is 0 Å². The average molecular weight is 245 g/mol. The van der Waals surface area contributed by atoms with E-state index in [-0.39, 0.29) is 0 Å². The van der Waals surface area contributed by atoms with Gasteiger partial charge in [-0.1, -0.05) is 11.6 Å². The normalized spacial score (nSPS) is 17.1. The van der Waals surface area contributed by atoms with E-state index in [0.717, 1.165) is 23.8 Å². The summed E-state index contributed by atoms with van der Waals surface area (Å²) in [5, 5.41) is 0. The second kappa shape index (κ2) is 4.42. The molecule has 15 heavy (non-hydrogen) atoms. The molecule has 1 aromatic rings. The molecular formula is C11H17ClN2S. The molecule has 0 bridgehead atoms. The van der Waals surface area contributed by atoms with Crippen molar-refractivity contribution >= 4 is 22.9 Å². The molecule has 0 fully saturated rings. The third kappa shape index (κ3) is 2.07. The van der Waals surface area contributed by atoms with Gasteiger partial charge in [0, 0.05) is 30.6 Å². The molecule has 0 spiro atoms. The number of halogens is 1. The molecule has 0 aliphatic carbocycles. The van der Waals surface area contributed by atoms with Crippen molar-refractivity contribution in [2.75, 3.05) is 6.54 Å². The highest BCUT2D eigenvalue weighted by molar-refractivity contribution is 7.16. The maximum atomic E-state index is 6.18. The summed E-state index contributed by atoms with van der Waals surface area (Å²) in [7, 11) is 0. The second-order valence-electron chi connectivity index (χ2n) is 4.27. The van der Waals surface area contributed by atoms with E-state index in [1.165, 1.54) is 16.0 Å². The van der Waals surface area contributed by atoms with Crippen molar-refractivity contribution in [2.24, 2.45) is 5.73 Å². The molecule has 0 saturated carbocycles. The van der Waals surface area contributed by atoms with Crippen LogP contribution in [0.25, 0.3) is 0 Å². The Balaban J connectivity index is 2.28. The van der Waals surface area contributed by atoms with Gasteiger partial charge in [-0.2, -0.15) is 0 Å². The van der Waals surface area contributed by atoms with Gasteiger partial charge in [0.1, 0.15) is 0 Å². The highest BCUT2D eigenvalue weighted by Crippen LogP contribution is 2.36. The van der Waals surface area contributed by atoms with Gasteiger partial charge in [0.2, 0.25) is 0 Å². The molecule has 1 aromatic heterocycles. The van der Waals surface area contributed by atoms with Crippen molar-refractivity contribution in [2.45, 2.75) is 39.4 Å². The van der Waals surface area contributed by atoms with Gasteiger partial charge in [-0.25, -0.2) is 0 Å². The number of hydrogen-bond acceptors (Lipinski definition) is 3. The maximum absolute atomic E-state index is 6.18. The van der Waals surface area contributed by atoms with Gasteiger partial charge < -0.3 is 5.73 Å². The highest BCUT2D eigenvalue weighted by Gasteiger charge is 2.23. The summed E-state index contributed by atoms with van der Waals surface area (Å²) in [6.07, 6.45) is 1.10. The first-order valence-electron chi connectivity index (χ1n) is 5.36. The minimum Gasteiger partial charge on any atom is -0.326 e. The Kier molecular flexibility index (Phi) is 3.36. The molecule has 0 amide bonds. The average Bonchev–Trinajstić information content (AvgIpc) is 2.51. The Morgan fingerprint density at radius 2 is 2.27 bits per heavy atom. The van der Waals surface area contributed by atoms with Crippen LogP contribution in [-0.4, -0.2) is 17.5 Å². The Morgan fingerprint density at radius 3 is 2.87 bits per heavy atom. The van der Waals surface area contributed by atoms with E-state index >= 15 is 0 Å². The molecule has 4 heteroatoms. The fraction of sp³-hybridized carbons (Fsp3) is 0.636. The van der Waals surface area contributed by atoms with Gasteiger partial charge in [0.05, 0.1) is 4.34 Å². The molecule has 1 aliphatic rings. The van der Waals surface area contributed by atoms with Crippen LogP contribution in [0.3, 0.4) is 0 Å². The predicted octanol–water partition coefficient (Wildman–Crippen LogP) is 2.63. The van der Waals surface area contributed by atoms with Crippen LogP contribution >= 0.6 is 22.9 Å². The molecule has 0 aromatic carbocycles. The van der Waals surface area contributed by atoms with Crippen molar-refractivity contribution in [3.63, 3.8) is 0 Å². The predicted molar refractivity (Wildman–Crippen MR) is 66.5 cm³/mol. The molecule has 0 atom stereocenters. The second-order valence-corrected chi connectivity index (χ2v) is 5.98. The molecule has 1 aliphatic heterocycles. The number of hydrogen-bond donors (Lipinski definition) is 1. The molecular weight excluding hydrogens is 228 g/mol. The molecule has 2 nitrogen and oxygen atoms in total. The van der Waals surface area contributed by atoms with Gasteiger partial charge >= 0.3 is 0 Å². The van der Waals surface area contributed by atoms with E-state index in [1.807, 2.05) is 0 Å². The molecule has 0 unspecified atom stereocenters. The van der Waals surface area contributed by atoms with Crippen LogP contribution in [0.15, 0.2) is 0 Å². The first-order chi connectivity index (χ1) is 7.13. The van der Waals surface area contributed by atoms with Gasteiger partial charge in [-0.05, 0) is 31.4 Å². The highest BCUT2D eigenvalue weighted by atomic mass is 35.5. The van der Waals surface area contributed by atoms with Crippen LogP contribution < -0.4 is 5.73 Å². The van der Waals surface area contributed by atoms with Gasteiger partial charge in [-0.15, -0.1) is 11.3 Å². The number of rotatable bonds is 2. The Hall–Kier alpha value is -0.0900. The van der Waals surface area contributed by atoms with Crippen molar-refractivity contribution in [1.29, 1.82) is 0 Å². The van der Waals surface area contributed by atoms with E-state index < -0.39 is 0 Å². The van der Waals surface area contributed by atoms with E-state index in [2.05, 4.69) is 18.7 Å². The zero-order valence-electron chi connectivity index (χ0n) is 9.22. The Labute approximate surface area is 100 Å². The third-order valence-corrected chi connectivity index (χ3v) is 4.59. The minimum atomic E-state index is 0.576. The lowest BCUT2D eigenvalue weighted by atomic mass is 10.0. The zero-order valence-corrected chi connectivity index (χ0v) is 10.8. The smallest absolute Gasteiger partial charge is 0.0979 e. The van der Waals surface area contributed by atoms with Gasteiger partial charge in [0.25, 0.3) is 0 Å². The van der Waals surface area contributed by atoms with Crippen LogP contribution in [-0.2, 0) is 19.5 Å². The lowest BCUT2D eigenvalue weighted by Crippen LogP contribution is -2.35. The van der Waals surface area contributed by atoms with Crippen LogP contribution in [0.1, 0.15) is 29.9 Å². The third-order valence-electron chi connectivity index (χ3n) is 3.08. The number of nitrogens with two attached hydrogens (primary N) is 1. The standard InChI is InChI=1S/C11H17ClN2S/c1-7(2)14-4-3-8-9(5-13)11(12)15-10(8)6-14/h7H,3-6,13H2,1-2H3. The molecule has 0 saturated heterocycles. The molecule has 2 rings (SSSR count).